The van der Waals surface area contributed by atoms with Crippen LogP contribution in [0.5, 0.6) is 0 Å². The van der Waals surface area contributed by atoms with E-state index in [1.165, 1.54) is 12.7 Å². The van der Waals surface area contributed by atoms with Gasteiger partial charge < -0.3 is 24.1 Å². The minimum Gasteiger partial charge on any atom is -0.467 e. The van der Waals surface area contributed by atoms with Crippen molar-refractivity contribution in [2.45, 2.75) is 108 Å². The summed E-state index contributed by atoms with van der Waals surface area (Å²) in [5.74, 6) is 0.0672. The third-order valence-corrected chi connectivity index (χ3v) is 8.70. The third-order valence-electron chi connectivity index (χ3n) is 8.70. The summed E-state index contributed by atoms with van der Waals surface area (Å²) in [6.45, 7) is 2.06. The molecule has 3 aliphatic carbocycles. The second kappa shape index (κ2) is 13.6. The van der Waals surface area contributed by atoms with E-state index in [0.717, 1.165) is 69.8 Å². The van der Waals surface area contributed by atoms with Gasteiger partial charge in [0.25, 0.3) is 0 Å². The van der Waals surface area contributed by atoms with Crippen LogP contribution in [-0.2, 0) is 30.2 Å². The van der Waals surface area contributed by atoms with Crippen molar-refractivity contribution in [2.24, 2.45) is 17.8 Å². The molecule has 3 aliphatic rings. The minimum atomic E-state index is -0.541. The summed E-state index contributed by atoms with van der Waals surface area (Å²) in [5.41, 5.74) is 2.32. The fraction of sp³-hybridized carbons (Fsp3) is 0.733. The van der Waals surface area contributed by atoms with Crippen molar-refractivity contribution in [3.8, 4) is 0 Å². The molecule has 6 unspecified atom stereocenters. The fourth-order valence-electron chi connectivity index (χ4n) is 6.77. The normalized spacial score (nSPS) is 27.8. The summed E-state index contributed by atoms with van der Waals surface area (Å²) in [4.78, 5) is 24.3. The average molecular weight is 517 g/mol. The lowest BCUT2D eigenvalue weighted by molar-refractivity contribution is -0.150. The molecule has 0 aliphatic heterocycles. The van der Waals surface area contributed by atoms with E-state index < -0.39 is 18.2 Å². The first-order valence-electron chi connectivity index (χ1n) is 14.3. The van der Waals surface area contributed by atoms with Gasteiger partial charge in [-0.1, -0.05) is 44.0 Å². The molecule has 2 saturated carbocycles. The van der Waals surface area contributed by atoms with Gasteiger partial charge in [0.05, 0.1) is 19.3 Å². The van der Waals surface area contributed by atoms with Crippen LogP contribution in [0.1, 0.15) is 94.8 Å². The van der Waals surface area contributed by atoms with Crippen LogP contribution in [0.3, 0.4) is 0 Å². The largest absolute Gasteiger partial charge is 0.508 e. The summed E-state index contributed by atoms with van der Waals surface area (Å²) in [5, 5.41) is 11.2. The highest BCUT2D eigenvalue weighted by molar-refractivity contribution is 5.70. The molecule has 4 rings (SSSR count). The molecule has 0 amide bonds. The molecule has 0 bridgehead atoms. The van der Waals surface area contributed by atoms with E-state index in [2.05, 4.69) is 19.1 Å². The van der Waals surface area contributed by atoms with Crippen LogP contribution >= 0.6 is 0 Å². The zero-order valence-corrected chi connectivity index (χ0v) is 22.4. The number of methoxy groups -OCH3 is 1. The first-order valence-corrected chi connectivity index (χ1v) is 14.3. The maximum atomic E-state index is 12.5. The van der Waals surface area contributed by atoms with Gasteiger partial charge in [0, 0.05) is 0 Å². The summed E-state index contributed by atoms with van der Waals surface area (Å²) < 4.78 is 22.3. The molecule has 0 saturated heterocycles. The Balaban J connectivity index is 1.41. The second-order valence-electron chi connectivity index (χ2n) is 11.1. The van der Waals surface area contributed by atoms with Crippen molar-refractivity contribution in [3.63, 3.8) is 0 Å². The Morgan fingerprint density at radius 2 is 1.86 bits per heavy atom. The number of unbranched alkanes of at least 4 members (excludes halogenated alkanes) is 2. The molecule has 37 heavy (non-hydrogen) atoms. The van der Waals surface area contributed by atoms with Crippen LogP contribution in [0, 0.1) is 17.8 Å². The van der Waals surface area contributed by atoms with Crippen LogP contribution in [0.25, 0.3) is 0 Å². The van der Waals surface area contributed by atoms with Gasteiger partial charge in [0.15, 0.2) is 0 Å². The smallest absolute Gasteiger partial charge is 0.467 e. The van der Waals surface area contributed by atoms with Crippen molar-refractivity contribution in [1.82, 2.24) is 0 Å². The molecule has 7 heteroatoms. The number of esters is 1. The zero-order chi connectivity index (χ0) is 26.2. The van der Waals surface area contributed by atoms with Crippen molar-refractivity contribution < 1.29 is 33.6 Å². The van der Waals surface area contributed by atoms with Crippen LogP contribution in [0.4, 0.5) is 4.79 Å². The lowest BCUT2D eigenvalue weighted by atomic mass is 9.72. The van der Waals surface area contributed by atoms with E-state index in [1.54, 1.807) is 0 Å². The second-order valence-corrected chi connectivity index (χ2v) is 11.1. The quantitative estimate of drug-likeness (QED) is 0.273. The Labute approximate surface area is 221 Å². The van der Waals surface area contributed by atoms with Gasteiger partial charge >= 0.3 is 12.1 Å². The summed E-state index contributed by atoms with van der Waals surface area (Å²) in [6, 6.07) is 8.22. The number of benzene rings is 1. The number of ether oxygens (including phenoxy) is 4. The Kier molecular flexibility index (Phi) is 10.3. The lowest BCUT2D eigenvalue weighted by Crippen LogP contribution is -2.32. The number of aliphatic hydroxyl groups is 1. The molecule has 1 aromatic rings. The first-order chi connectivity index (χ1) is 18.0. The average Bonchev–Trinajstić information content (AvgIpc) is 3.51. The molecule has 0 radical (unpaired) electrons. The van der Waals surface area contributed by atoms with Crippen molar-refractivity contribution in [3.05, 3.63) is 35.4 Å². The van der Waals surface area contributed by atoms with Crippen LogP contribution < -0.4 is 0 Å². The Morgan fingerprint density at radius 3 is 2.62 bits per heavy atom. The van der Waals surface area contributed by atoms with Crippen molar-refractivity contribution >= 4 is 12.1 Å². The maximum Gasteiger partial charge on any atom is 0.508 e. The summed E-state index contributed by atoms with van der Waals surface area (Å²) >= 11 is 0. The third kappa shape index (κ3) is 7.26. The number of carbonyl (C=O) groups excluding carboxylic acids is 2. The predicted molar refractivity (Wildman–Crippen MR) is 139 cm³/mol. The minimum absolute atomic E-state index is 0.00886. The van der Waals surface area contributed by atoms with Crippen LogP contribution in [0.2, 0.25) is 0 Å². The van der Waals surface area contributed by atoms with Crippen LogP contribution in [-0.4, -0.2) is 49.3 Å². The lowest BCUT2D eigenvalue weighted by Gasteiger charge is -2.37. The Hall–Kier alpha value is -2.12. The van der Waals surface area contributed by atoms with E-state index in [4.69, 9.17) is 18.9 Å². The molecule has 0 heterocycles. The first kappa shape index (κ1) is 27.9. The highest BCUT2D eigenvalue weighted by atomic mass is 16.7. The van der Waals surface area contributed by atoms with Gasteiger partial charge in [-0.15, -0.1) is 0 Å². The number of fused-ring (bicyclic) bond motifs is 2. The number of hydrogen-bond acceptors (Lipinski definition) is 7. The standard InChI is InChI=1S/C30H44O7/c1-3-4-5-11-22(37-30(33)36-21-12-7-8-13-21)15-16-24-25-17-20-10-6-9-14-23(20)29(26(25)18-27(24)31)35-19-28(32)34-2/h6,9-10,14,21-22,24-27,29,31H,3-5,7-8,11-13,15-19H2,1-2H3. The van der Waals surface area contributed by atoms with Gasteiger partial charge in [0.1, 0.15) is 18.8 Å². The Morgan fingerprint density at radius 1 is 1.08 bits per heavy atom. The van der Waals surface area contributed by atoms with Crippen molar-refractivity contribution in [1.29, 1.82) is 0 Å². The number of carbonyl (C=O) groups is 2. The molecule has 0 aromatic heterocycles. The van der Waals surface area contributed by atoms with E-state index in [9.17, 15) is 14.7 Å². The van der Waals surface area contributed by atoms with Gasteiger partial charge in [0.2, 0.25) is 0 Å². The predicted octanol–water partition coefficient (Wildman–Crippen LogP) is 5.91. The molecule has 0 spiro atoms. The number of rotatable bonds is 12. The van der Waals surface area contributed by atoms with Crippen LogP contribution in [0.15, 0.2) is 24.3 Å². The monoisotopic (exact) mass is 516 g/mol. The molecule has 1 aromatic carbocycles. The Bertz CT molecular complexity index is 880. The van der Waals surface area contributed by atoms with Gasteiger partial charge in [-0.25, -0.2) is 9.59 Å². The summed E-state index contributed by atoms with van der Waals surface area (Å²) in [7, 11) is 1.36. The zero-order valence-electron chi connectivity index (χ0n) is 22.4. The molecular weight excluding hydrogens is 472 g/mol. The molecular formula is C30H44O7. The van der Waals surface area contributed by atoms with E-state index in [-0.39, 0.29) is 42.7 Å². The highest BCUT2D eigenvalue weighted by Crippen LogP contribution is 2.52. The highest BCUT2D eigenvalue weighted by Gasteiger charge is 2.49. The van der Waals surface area contributed by atoms with E-state index in [1.807, 2.05) is 12.1 Å². The topological polar surface area (TPSA) is 91.3 Å². The number of hydrogen-bond donors (Lipinski definition) is 1. The number of aliphatic hydroxyl groups excluding tert-OH is 1. The molecule has 1 N–H and O–H groups in total. The van der Waals surface area contributed by atoms with E-state index in [0.29, 0.717) is 12.8 Å². The SMILES string of the molecule is CCCCCC(CCC1C(O)CC2C(OCC(=O)OC)c3ccccc3CC12)OC(=O)OC1CCCC1. The van der Waals surface area contributed by atoms with E-state index >= 15 is 0 Å². The summed E-state index contributed by atoms with van der Waals surface area (Å²) in [6.07, 6.45) is 9.66. The molecule has 6 atom stereocenters. The fourth-order valence-corrected chi connectivity index (χ4v) is 6.77. The van der Waals surface area contributed by atoms with Gasteiger partial charge in [-0.3, -0.25) is 0 Å². The molecule has 7 nitrogen and oxygen atoms in total. The maximum absolute atomic E-state index is 12.5. The van der Waals surface area contributed by atoms with Gasteiger partial charge in [-0.2, -0.15) is 0 Å². The molecule has 206 valence electrons. The van der Waals surface area contributed by atoms with Crippen molar-refractivity contribution in [2.75, 3.05) is 13.7 Å². The molecule has 2 fully saturated rings. The van der Waals surface area contributed by atoms with Gasteiger partial charge in [-0.05, 0) is 93.1 Å².